The standard InChI is InChI=1S/C18H15F3N2O3S/c1-23-27(2,25)15-4-3-14(13-8-18(20,21)17(24)16(13)15)26-12-6-10(9-22)5-11(19)7-12/h3-7,17,24H,8H2,1-2H3/t17-,27?/m0/s1. The zero-order chi connectivity index (χ0) is 20.0. The van der Waals surface area contributed by atoms with Gasteiger partial charge in [0.05, 0.1) is 26.3 Å². The van der Waals surface area contributed by atoms with Crippen LogP contribution in [0.3, 0.4) is 0 Å². The second-order valence-corrected chi connectivity index (χ2v) is 8.58. The number of benzene rings is 2. The van der Waals surface area contributed by atoms with E-state index in [4.69, 9.17) is 10.00 Å². The van der Waals surface area contributed by atoms with Crippen LogP contribution in [-0.2, 0) is 16.1 Å². The molecule has 2 aromatic carbocycles. The number of alkyl halides is 2. The lowest BCUT2D eigenvalue weighted by Gasteiger charge is -2.17. The molecule has 0 bridgehead atoms. The van der Waals surface area contributed by atoms with Crippen molar-refractivity contribution in [2.24, 2.45) is 4.36 Å². The van der Waals surface area contributed by atoms with Gasteiger partial charge in [-0.25, -0.2) is 21.7 Å². The molecule has 0 spiro atoms. The summed E-state index contributed by atoms with van der Waals surface area (Å²) in [5.74, 6) is -4.28. The zero-order valence-electron chi connectivity index (χ0n) is 14.4. The lowest BCUT2D eigenvalue weighted by Crippen LogP contribution is -2.22. The Balaban J connectivity index is 2.17. The summed E-state index contributed by atoms with van der Waals surface area (Å²) in [6.07, 6.45) is -1.69. The Morgan fingerprint density at radius 3 is 2.70 bits per heavy atom. The first-order valence-electron chi connectivity index (χ1n) is 7.79. The minimum atomic E-state index is -3.47. The van der Waals surface area contributed by atoms with Crippen molar-refractivity contribution in [1.29, 1.82) is 5.26 Å². The molecule has 0 radical (unpaired) electrons. The molecule has 0 saturated heterocycles. The van der Waals surface area contributed by atoms with E-state index in [-0.39, 0.29) is 33.1 Å². The van der Waals surface area contributed by atoms with Gasteiger partial charge in [-0.05, 0) is 24.3 Å². The van der Waals surface area contributed by atoms with Gasteiger partial charge in [0.1, 0.15) is 23.4 Å². The quantitative estimate of drug-likeness (QED) is 0.856. The first-order valence-corrected chi connectivity index (χ1v) is 9.72. The molecule has 5 nitrogen and oxygen atoms in total. The molecule has 2 aromatic rings. The van der Waals surface area contributed by atoms with E-state index in [1.54, 1.807) is 6.07 Å². The summed E-state index contributed by atoms with van der Waals surface area (Å²) >= 11 is 0. The van der Waals surface area contributed by atoms with Gasteiger partial charge in [0.2, 0.25) is 0 Å². The average molecular weight is 396 g/mol. The second-order valence-electron chi connectivity index (χ2n) is 6.17. The molecule has 1 unspecified atom stereocenters. The van der Waals surface area contributed by atoms with Crippen LogP contribution in [0.15, 0.2) is 39.6 Å². The number of nitrogens with zero attached hydrogens (tertiary/aromatic N) is 2. The molecule has 1 aliphatic rings. The highest BCUT2D eigenvalue weighted by atomic mass is 32.2. The number of hydrogen-bond acceptors (Lipinski definition) is 5. The van der Waals surface area contributed by atoms with Gasteiger partial charge in [-0.2, -0.15) is 5.26 Å². The molecule has 0 amide bonds. The SMILES string of the molecule is CN=S(C)(=O)c1ccc(Oc2cc(F)cc(C#N)c2)c2c1[C@H](O)C(F)(F)C2. The van der Waals surface area contributed by atoms with Crippen LogP contribution in [-0.4, -0.2) is 28.5 Å². The van der Waals surface area contributed by atoms with E-state index < -0.39 is 34.0 Å². The molecule has 142 valence electrons. The third kappa shape index (κ3) is 3.38. The van der Waals surface area contributed by atoms with Crippen LogP contribution < -0.4 is 4.74 Å². The molecule has 0 heterocycles. The van der Waals surface area contributed by atoms with Gasteiger partial charge in [-0.15, -0.1) is 0 Å². The Kier molecular flexibility index (Phi) is 4.66. The van der Waals surface area contributed by atoms with Crippen LogP contribution >= 0.6 is 0 Å². The van der Waals surface area contributed by atoms with Gasteiger partial charge < -0.3 is 9.84 Å². The van der Waals surface area contributed by atoms with Crippen LogP contribution in [0.5, 0.6) is 11.5 Å². The van der Waals surface area contributed by atoms with Gasteiger partial charge in [-0.1, -0.05) is 0 Å². The van der Waals surface area contributed by atoms with Crippen LogP contribution in [0.25, 0.3) is 0 Å². The van der Waals surface area contributed by atoms with Crippen molar-refractivity contribution < 1.29 is 27.2 Å². The molecule has 3 rings (SSSR count). The van der Waals surface area contributed by atoms with Crippen molar-refractivity contribution in [3.8, 4) is 17.6 Å². The van der Waals surface area contributed by atoms with Crippen molar-refractivity contribution in [1.82, 2.24) is 0 Å². The maximum Gasteiger partial charge on any atom is 0.281 e. The summed E-state index contributed by atoms with van der Waals surface area (Å²) < 4.78 is 63.8. The second kappa shape index (κ2) is 6.55. The number of aliphatic hydroxyl groups is 1. The van der Waals surface area contributed by atoms with Crippen molar-refractivity contribution in [3.05, 3.63) is 52.8 Å². The summed E-state index contributed by atoms with van der Waals surface area (Å²) in [5.41, 5.74) is -0.205. The largest absolute Gasteiger partial charge is 0.457 e. The summed E-state index contributed by atoms with van der Waals surface area (Å²) in [6.45, 7) is 0. The third-order valence-electron chi connectivity index (χ3n) is 4.34. The highest BCUT2D eigenvalue weighted by molar-refractivity contribution is 7.93. The van der Waals surface area contributed by atoms with Crippen molar-refractivity contribution >= 4 is 9.73 Å². The molecule has 0 saturated carbocycles. The lowest BCUT2D eigenvalue weighted by molar-refractivity contribution is -0.0976. The Morgan fingerprint density at radius 2 is 2.07 bits per heavy atom. The fourth-order valence-electron chi connectivity index (χ4n) is 2.99. The Labute approximate surface area is 154 Å². The molecular weight excluding hydrogens is 381 g/mol. The van der Waals surface area contributed by atoms with Crippen LogP contribution in [0.1, 0.15) is 22.8 Å². The van der Waals surface area contributed by atoms with Crippen molar-refractivity contribution in [3.63, 3.8) is 0 Å². The van der Waals surface area contributed by atoms with Crippen molar-refractivity contribution in [2.45, 2.75) is 23.3 Å². The van der Waals surface area contributed by atoms with Gasteiger partial charge >= 0.3 is 0 Å². The van der Waals surface area contributed by atoms with E-state index in [1.165, 1.54) is 31.5 Å². The molecule has 27 heavy (non-hydrogen) atoms. The van der Waals surface area contributed by atoms with Crippen molar-refractivity contribution in [2.75, 3.05) is 13.3 Å². The highest BCUT2D eigenvalue weighted by Crippen LogP contribution is 2.49. The number of halogens is 3. The zero-order valence-corrected chi connectivity index (χ0v) is 15.2. The first kappa shape index (κ1) is 19.2. The van der Waals surface area contributed by atoms with E-state index in [0.717, 1.165) is 12.1 Å². The Morgan fingerprint density at radius 1 is 1.37 bits per heavy atom. The smallest absolute Gasteiger partial charge is 0.281 e. The predicted molar refractivity (Wildman–Crippen MR) is 91.9 cm³/mol. The maximum absolute atomic E-state index is 14.2. The molecule has 0 aliphatic heterocycles. The summed E-state index contributed by atoms with van der Waals surface area (Å²) in [5, 5.41) is 19.0. The molecule has 0 aromatic heterocycles. The number of nitriles is 1. The van der Waals surface area contributed by atoms with E-state index in [9.17, 15) is 22.5 Å². The first-order chi connectivity index (χ1) is 12.6. The number of hydrogen-bond donors (Lipinski definition) is 1. The summed E-state index contributed by atoms with van der Waals surface area (Å²) in [6, 6.07) is 7.68. The molecule has 9 heteroatoms. The third-order valence-corrected chi connectivity index (χ3v) is 6.21. The highest BCUT2D eigenvalue weighted by Gasteiger charge is 2.50. The molecular formula is C18H15F3N2O3S. The summed E-state index contributed by atoms with van der Waals surface area (Å²) in [4.78, 5) is 0.00832. The molecule has 1 N–H and O–H groups in total. The van der Waals surface area contributed by atoms with Crippen LogP contribution in [0, 0.1) is 17.1 Å². The number of rotatable bonds is 3. The normalized spacial score (nSPS) is 19.7. The maximum atomic E-state index is 14.2. The predicted octanol–water partition coefficient (Wildman–Crippen LogP) is 3.80. The molecule has 0 fully saturated rings. The fourth-order valence-corrected chi connectivity index (χ4v) is 4.15. The minimum Gasteiger partial charge on any atom is -0.457 e. The van der Waals surface area contributed by atoms with Crippen LogP contribution in [0.2, 0.25) is 0 Å². The molecule has 2 atom stereocenters. The van der Waals surface area contributed by atoms with E-state index in [0.29, 0.717) is 0 Å². The van der Waals surface area contributed by atoms with E-state index in [1.807, 2.05) is 0 Å². The number of fused-ring (bicyclic) bond motifs is 1. The van der Waals surface area contributed by atoms with E-state index >= 15 is 0 Å². The topological polar surface area (TPSA) is 82.7 Å². The fraction of sp³-hybridized carbons (Fsp3) is 0.278. The Bertz CT molecular complexity index is 1090. The van der Waals surface area contributed by atoms with Gasteiger partial charge in [0.15, 0.2) is 0 Å². The minimum absolute atomic E-state index is 0.00462. The average Bonchev–Trinajstić information content (AvgIpc) is 2.85. The number of ether oxygens (including phenoxy) is 1. The Hall–Kier alpha value is -2.57. The van der Waals surface area contributed by atoms with Crippen LogP contribution in [0.4, 0.5) is 13.2 Å². The lowest BCUT2D eigenvalue weighted by atomic mass is 10.1. The van der Waals surface area contributed by atoms with Gasteiger partial charge in [-0.3, -0.25) is 0 Å². The monoisotopic (exact) mass is 396 g/mol. The molecule has 1 aliphatic carbocycles. The van der Waals surface area contributed by atoms with E-state index in [2.05, 4.69) is 4.36 Å². The van der Waals surface area contributed by atoms with Gasteiger partial charge in [0.25, 0.3) is 5.92 Å². The summed E-state index contributed by atoms with van der Waals surface area (Å²) in [7, 11) is -1.69. The van der Waals surface area contributed by atoms with Gasteiger partial charge in [0, 0.05) is 36.9 Å². The number of aliphatic hydroxyl groups excluding tert-OH is 1.